The van der Waals surface area contributed by atoms with Crippen LogP contribution in [0.2, 0.25) is 0 Å². The normalized spacial score (nSPS) is 11.6. The highest BCUT2D eigenvalue weighted by atomic mass is 32.2. The fourth-order valence-electron chi connectivity index (χ4n) is 3.14. The average Bonchev–Trinajstić information content (AvgIpc) is 3.11. The van der Waals surface area contributed by atoms with Crippen LogP contribution in [-0.2, 0) is 10.0 Å². The van der Waals surface area contributed by atoms with Gasteiger partial charge in [-0.25, -0.2) is 13.4 Å². The number of pyridine rings is 1. The van der Waals surface area contributed by atoms with Gasteiger partial charge in [-0.3, -0.25) is 4.72 Å². The van der Waals surface area contributed by atoms with Crippen molar-refractivity contribution in [2.24, 2.45) is 0 Å². The van der Waals surface area contributed by atoms with E-state index in [2.05, 4.69) is 9.71 Å². The Morgan fingerprint density at radius 1 is 0.966 bits per heavy atom. The van der Waals surface area contributed by atoms with Gasteiger partial charge in [0.25, 0.3) is 10.0 Å². The van der Waals surface area contributed by atoms with Gasteiger partial charge in [-0.2, -0.15) is 0 Å². The van der Waals surface area contributed by atoms with E-state index < -0.39 is 10.0 Å². The van der Waals surface area contributed by atoms with Crippen LogP contribution in [0.25, 0.3) is 16.9 Å². The summed E-state index contributed by atoms with van der Waals surface area (Å²) in [4.78, 5) is 4.75. The monoisotopic (exact) mass is 407 g/mol. The molecular weight excluding hydrogens is 386 g/mol. The van der Waals surface area contributed by atoms with E-state index in [0.717, 1.165) is 28.0 Å². The smallest absolute Gasteiger partial charge is 0.265 e. The van der Waals surface area contributed by atoms with Gasteiger partial charge in [0.1, 0.15) is 16.3 Å². The molecule has 29 heavy (non-hydrogen) atoms. The lowest BCUT2D eigenvalue weighted by atomic mass is 10.1. The number of aromatic nitrogens is 2. The Balaban J connectivity index is 1.61. The van der Waals surface area contributed by atoms with Gasteiger partial charge in [-0.1, -0.05) is 18.2 Å². The molecule has 0 radical (unpaired) electrons. The third kappa shape index (κ3) is 3.82. The molecule has 0 spiro atoms. The van der Waals surface area contributed by atoms with Crippen molar-refractivity contribution in [3.63, 3.8) is 0 Å². The minimum Gasteiger partial charge on any atom is -0.495 e. The third-order valence-corrected chi connectivity index (χ3v) is 6.06. The summed E-state index contributed by atoms with van der Waals surface area (Å²) in [6, 6.07) is 16.2. The molecule has 148 valence electrons. The zero-order valence-corrected chi connectivity index (χ0v) is 17.2. The molecule has 7 heteroatoms. The van der Waals surface area contributed by atoms with Gasteiger partial charge in [-0.05, 0) is 61.4 Å². The molecule has 0 amide bonds. The van der Waals surface area contributed by atoms with Crippen LogP contribution in [0, 0.1) is 13.8 Å². The number of nitrogens with one attached hydrogen (secondary N) is 1. The van der Waals surface area contributed by atoms with Crippen LogP contribution in [0.4, 0.5) is 5.69 Å². The van der Waals surface area contributed by atoms with Crippen molar-refractivity contribution in [3.8, 4) is 17.0 Å². The van der Waals surface area contributed by atoms with E-state index in [1.54, 1.807) is 24.3 Å². The number of fused-ring (bicyclic) bond motifs is 1. The van der Waals surface area contributed by atoms with E-state index >= 15 is 0 Å². The first-order chi connectivity index (χ1) is 13.9. The summed E-state index contributed by atoms with van der Waals surface area (Å²) in [5.41, 5.74) is 5.05. The molecule has 0 fully saturated rings. The molecule has 0 aliphatic heterocycles. The van der Waals surface area contributed by atoms with E-state index in [9.17, 15) is 8.42 Å². The van der Waals surface area contributed by atoms with Crippen LogP contribution in [-0.4, -0.2) is 24.9 Å². The number of nitrogens with zero attached hydrogens (tertiary/aromatic N) is 2. The highest BCUT2D eigenvalue weighted by Gasteiger charge is 2.20. The summed E-state index contributed by atoms with van der Waals surface area (Å²) in [6.07, 6.45) is 3.92. The van der Waals surface area contributed by atoms with Gasteiger partial charge in [0.2, 0.25) is 0 Å². The summed E-state index contributed by atoms with van der Waals surface area (Å²) >= 11 is 0. The quantitative estimate of drug-likeness (QED) is 0.531. The molecule has 0 saturated carbocycles. The summed E-state index contributed by atoms with van der Waals surface area (Å²) in [7, 11) is -2.32. The van der Waals surface area contributed by atoms with Crippen LogP contribution in [0.1, 0.15) is 11.1 Å². The predicted octanol–water partition coefficient (Wildman–Crippen LogP) is 4.43. The standard InChI is InChI=1S/C22H21N3O3S/c1-15-4-9-20(28-3)21(12-15)29(26,27)24-18-7-5-17(6-8-18)19-14-25-11-10-16(2)13-22(25)23-19/h4-14,24H,1-3H3. The molecule has 0 atom stereocenters. The lowest BCUT2D eigenvalue weighted by Crippen LogP contribution is -2.14. The maximum atomic E-state index is 12.8. The highest BCUT2D eigenvalue weighted by molar-refractivity contribution is 7.92. The number of rotatable bonds is 5. The average molecular weight is 407 g/mol. The van der Waals surface area contributed by atoms with Crippen molar-refractivity contribution < 1.29 is 13.2 Å². The molecule has 2 heterocycles. The number of sulfonamides is 1. The predicted molar refractivity (Wildman–Crippen MR) is 114 cm³/mol. The zero-order chi connectivity index (χ0) is 20.6. The van der Waals surface area contributed by atoms with E-state index in [1.165, 1.54) is 7.11 Å². The molecule has 2 aromatic carbocycles. The number of hydrogen-bond acceptors (Lipinski definition) is 4. The van der Waals surface area contributed by atoms with Crippen molar-refractivity contribution >= 4 is 21.4 Å². The van der Waals surface area contributed by atoms with E-state index in [1.807, 2.05) is 61.0 Å². The Labute approximate surface area is 169 Å². The Morgan fingerprint density at radius 2 is 1.69 bits per heavy atom. The molecule has 0 aliphatic rings. The van der Waals surface area contributed by atoms with E-state index in [4.69, 9.17) is 4.74 Å². The van der Waals surface area contributed by atoms with Crippen LogP contribution >= 0.6 is 0 Å². The topological polar surface area (TPSA) is 72.7 Å². The number of benzene rings is 2. The molecule has 4 aromatic rings. The van der Waals surface area contributed by atoms with Crippen molar-refractivity contribution in [1.29, 1.82) is 0 Å². The summed E-state index contributed by atoms with van der Waals surface area (Å²) in [5.74, 6) is 0.305. The van der Waals surface area contributed by atoms with Crippen LogP contribution in [0.15, 0.2) is 71.9 Å². The Morgan fingerprint density at radius 3 is 2.41 bits per heavy atom. The molecule has 4 rings (SSSR count). The first-order valence-electron chi connectivity index (χ1n) is 9.09. The molecule has 0 unspecified atom stereocenters. The van der Waals surface area contributed by atoms with Crippen LogP contribution in [0.3, 0.4) is 0 Å². The maximum Gasteiger partial charge on any atom is 0.265 e. The Kier molecular flexibility index (Phi) is 4.76. The lowest BCUT2D eigenvalue weighted by molar-refractivity contribution is 0.402. The minimum absolute atomic E-state index is 0.111. The van der Waals surface area contributed by atoms with Gasteiger partial charge < -0.3 is 9.14 Å². The summed E-state index contributed by atoms with van der Waals surface area (Å²) < 4.78 is 35.4. The van der Waals surface area contributed by atoms with Gasteiger partial charge in [-0.15, -0.1) is 0 Å². The van der Waals surface area contributed by atoms with E-state index in [0.29, 0.717) is 11.4 Å². The molecular formula is C22H21N3O3S. The molecule has 2 aromatic heterocycles. The van der Waals surface area contributed by atoms with Crippen molar-refractivity contribution in [3.05, 3.63) is 78.1 Å². The highest BCUT2D eigenvalue weighted by Crippen LogP contribution is 2.28. The molecule has 0 bridgehead atoms. The maximum absolute atomic E-state index is 12.8. The second-order valence-corrected chi connectivity index (χ2v) is 8.58. The van der Waals surface area contributed by atoms with Crippen molar-refractivity contribution in [1.82, 2.24) is 9.38 Å². The summed E-state index contributed by atoms with van der Waals surface area (Å²) in [6.45, 7) is 3.86. The Hall–Kier alpha value is -3.32. The number of ether oxygens (including phenoxy) is 1. The minimum atomic E-state index is -3.78. The van der Waals surface area contributed by atoms with Gasteiger partial charge in [0, 0.05) is 23.6 Å². The Bertz CT molecular complexity index is 1290. The van der Waals surface area contributed by atoms with Crippen molar-refractivity contribution in [2.45, 2.75) is 18.7 Å². The summed E-state index contributed by atoms with van der Waals surface area (Å²) in [5, 5.41) is 0. The van der Waals surface area contributed by atoms with Gasteiger partial charge in [0.15, 0.2) is 0 Å². The molecule has 0 aliphatic carbocycles. The number of anilines is 1. The van der Waals surface area contributed by atoms with Gasteiger partial charge >= 0.3 is 0 Å². The largest absolute Gasteiger partial charge is 0.495 e. The zero-order valence-electron chi connectivity index (χ0n) is 16.4. The SMILES string of the molecule is COc1ccc(C)cc1S(=O)(=O)Nc1ccc(-c2cn3ccc(C)cc3n2)cc1. The number of hydrogen-bond donors (Lipinski definition) is 1. The van der Waals surface area contributed by atoms with Crippen molar-refractivity contribution in [2.75, 3.05) is 11.8 Å². The van der Waals surface area contributed by atoms with Crippen LogP contribution < -0.4 is 9.46 Å². The second kappa shape index (κ2) is 7.25. The number of aryl methyl sites for hydroxylation is 2. The molecule has 6 nitrogen and oxygen atoms in total. The number of imidazole rings is 1. The fraction of sp³-hybridized carbons (Fsp3) is 0.136. The van der Waals surface area contributed by atoms with E-state index in [-0.39, 0.29) is 4.90 Å². The number of methoxy groups -OCH3 is 1. The van der Waals surface area contributed by atoms with Gasteiger partial charge in [0.05, 0.1) is 12.8 Å². The second-order valence-electron chi connectivity index (χ2n) is 6.93. The first-order valence-corrected chi connectivity index (χ1v) is 10.6. The fourth-order valence-corrected chi connectivity index (χ4v) is 4.45. The first kappa shape index (κ1) is 19.0. The third-order valence-electron chi connectivity index (χ3n) is 4.66. The molecule has 1 N–H and O–H groups in total. The lowest BCUT2D eigenvalue weighted by Gasteiger charge is -2.12. The van der Waals surface area contributed by atoms with Crippen LogP contribution in [0.5, 0.6) is 5.75 Å². The molecule has 0 saturated heterocycles.